The molecule has 0 aromatic rings. The molecular weight excluding hydrogens is 111 g/mol. The zero-order chi connectivity index (χ0) is 6.41. The van der Waals surface area contributed by atoms with Crippen LogP contribution in [-0.2, 0) is 9.53 Å². The zero-order valence-corrected chi connectivity index (χ0v) is 4.56. The standard InChI is InChI=1S/C5H7FO2/c1-8-5(7)3-2-4-6/h2-3H,4H2,1H3. The Morgan fingerprint density at radius 1 is 1.88 bits per heavy atom. The van der Waals surface area contributed by atoms with Crippen molar-refractivity contribution in [3.8, 4) is 0 Å². The highest BCUT2D eigenvalue weighted by Crippen LogP contribution is 1.77. The monoisotopic (exact) mass is 118 g/mol. The molecule has 0 bridgehead atoms. The van der Waals surface area contributed by atoms with Gasteiger partial charge in [0.05, 0.1) is 7.11 Å². The first-order valence-electron chi connectivity index (χ1n) is 2.11. The molecule has 0 N–H and O–H groups in total. The van der Waals surface area contributed by atoms with Crippen molar-refractivity contribution >= 4 is 5.97 Å². The van der Waals surface area contributed by atoms with Crippen LogP contribution in [0.15, 0.2) is 12.2 Å². The van der Waals surface area contributed by atoms with Gasteiger partial charge in [0.15, 0.2) is 0 Å². The third kappa shape index (κ3) is 3.33. The molecule has 0 heterocycles. The number of alkyl halides is 1. The van der Waals surface area contributed by atoms with Crippen LogP contribution in [0.3, 0.4) is 0 Å². The smallest absolute Gasteiger partial charge is 0.330 e. The molecule has 0 spiro atoms. The number of rotatable bonds is 2. The summed E-state index contributed by atoms with van der Waals surface area (Å²) in [7, 11) is 1.24. The lowest BCUT2D eigenvalue weighted by atomic mass is 10.5. The Morgan fingerprint density at radius 3 is 2.88 bits per heavy atom. The predicted molar refractivity (Wildman–Crippen MR) is 27.1 cm³/mol. The fourth-order valence-corrected chi connectivity index (χ4v) is 0.209. The molecule has 0 aliphatic carbocycles. The Balaban J connectivity index is 3.37. The summed E-state index contributed by atoms with van der Waals surface area (Å²) in [6.45, 7) is -0.630. The van der Waals surface area contributed by atoms with Crippen molar-refractivity contribution in [3.05, 3.63) is 12.2 Å². The molecular formula is C5H7FO2. The summed E-state index contributed by atoms with van der Waals surface area (Å²) in [5.74, 6) is -0.525. The first-order chi connectivity index (χ1) is 3.81. The van der Waals surface area contributed by atoms with E-state index in [2.05, 4.69) is 4.74 Å². The fraction of sp³-hybridized carbons (Fsp3) is 0.400. The van der Waals surface area contributed by atoms with Gasteiger partial charge in [-0.05, 0) is 6.08 Å². The van der Waals surface area contributed by atoms with E-state index in [1.165, 1.54) is 7.11 Å². The molecule has 0 aliphatic heterocycles. The van der Waals surface area contributed by atoms with Crippen molar-refractivity contribution in [1.82, 2.24) is 0 Å². The van der Waals surface area contributed by atoms with Gasteiger partial charge in [-0.25, -0.2) is 9.18 Å². The van der Waals surface area contributed by atoms with Crippen LogP contribution in [0.5, 0.6) is 0 Å². The molecule has 0 aliphatic rings. The molecule has 0 saturated carbocycles. The first kappa shape index (κ1) is 7.14. The number of halogens is 1. The number of methoxy groups -OCH3 is 1. The minimum Gasteiger partial charge on any atom is -0.466 e. The van der Waals surface area contributed by atoms with E-state index in [0.717, 1.165) is 12.2 Å². The summed E-state index contributed by atoms with van der Waals surface area (Å²) in [5.41, 5.74) is 0. The molecule has 0 saturated heterocycles. The Morgan fingerprint density at radius 2 is 2.50 bits per heavy atom. The SMILES string of the molecule is COC(=O)C=CCF. The number of hydrogen-bond donors (Lipinski definition) is 0. The van der Waals surface area contributed by atoms with Crippen molar-refractivity contribution in [2.75, 3.05) is 13.8 Å². The molecule has 0 amide bonds. The van der Waals surface area contributed by atoms with Gasteiger partial charge in [0.2, 0.25) is 0 Å². The number of allylic oxidation sites excluding steroid dienone is 1. The molecule has 0 aromatic carbocycles. The Kier molecular flexibility index (Phi) is 3.84. The number of carbonyl (C=O) groups excluding carboxylic acids is 1. The number of hydrogen-bond acceptors (Lipinski definition) is 2. The summed E-state index contributed by atoms with van der Waals surface area (Å²) in [6.07, 6.45) is 2.13. The van der Waals surface area contributed by atoms with Gasteiger partial charge >= 0.3 is 5.97 Å². The minimum atomic E-state index is -0.630. The second-order valence-corrected chi connectivity index (χ2v) is 1.08. The summed E-state index contributed by atoms with van der Waals surface area (Å²) < 4.78 is 15.4. The summed E-state index contributed by atoms with van der Waals surface area (Å²) >= 11 is 0. The van der Waals surface area contributed by atoms with Gasteiger partial charge in [0.1, 0.15) is 6.67 Å². The summed E-state index contributed by atoms with van der Waals surface area (Å²) in [4.78, 5) is 10.1. The fourth-order valence-electron chi connectivity index (χ4n) is 0.209. The summed E-state index contributed by atoms with van der Waals surface area (Å²) in [5, 5.41) is 0. The normalized spacial score (nSPS) is 9.75. The topological polar surface area (TPSA) is 26.3 Å². The molecule has 3 heteroatoms. The molecule has 0 radical (unpaired) electrons. The average Bonchev–Trinajstić information content (AvgIpc) is 1.83. The van der Waals surface area contributed by atoms with Crippen LogP contribution in [0, 0.1) is 0 Å². The number of esters is 1. The van der Waals surface area contributed by atoms with Crippen LogP contribution in [0.4, 0.5) is 4.39 Å². The highest BCUT2D eigenvalue weighted by atomic mass is 19.1. The Hall–Kier alpha value is -0.860. The molecule has 2 nitrogen and oxygen atoms in total. The Bertz CT molecular complexity index is 98.6. The molecule has 0 atom stereocenters. The van der Waals surface area contributed by atoms with E-state index in [1.807, 2.05) is 0 Å². The van der Waals surface area contributed by atoms with E-state index in [9.17, 15) is 9.18 Å². The van der Waals surface area contributed by atoms with Crippen LogP contribution >= 0.6 is 0 Å². The van der Waals surface area contributed by atoms with Crippen molar-refractivity contribution in [1.29, 1.82) is 0 Å². The van der Waals surface area contributed by atoms with Crippen molar-refractivity contribution < 1.29 is 13.9 Å². The van der Waals surface area contributed by atoms with Crippen molar-refractivity contribution in [3.63, 3.8) is 0 Å². The molecule has 0 fully saturated rings. The molecule has 0 aromatic heterocycles. The lowest BCUT2D eigenvalue weighted by Crippen LogP contribution is -1.93. The lowest BCUT2D eigenvalue weighted by Gasteiger charge is -1.85. The maximum atomic E-state index is 11.2. The molecule has 8 heavy (non-hydrogen) atoms. The van der Waals surface area contributed by atoms with Gasteiger partial charge in [-0.1, -0.05) is 0 Å². The lowest BCUT2D eigenvalue weighted by molar-refractivity contribution is -0.134. The molecule has 46 valence electrons. The van der Waals surface area contributed by atoms with E-state index in [1.54, 1.807) is 0 Å². The first-order valence-corrected chi connectivity index (χ1v) is 2.11. The maximum Gasteiger partial charge on any atom is 0.330 e. The van der Waals surface area contributed by atoms with E-state index in [0.29, 0.717) is 0 Å². The number of carbonyl (C=O) groups is 1. The third-order valence-electron chi connectivity index (χ3n) is 0.544. The van der Waals surface area contributed by atoms with Crippen molar-refractivity contribution in [2.24, 2.45) is 0 Å². The van der Waals surface area contributed by atoms with E-state index in [4.69, 9.17) is 0 Å². The molecule has 0 rings (SSSR count). The second kappa shape index (κ2) is 4.30. The Labute approximate surface area is 47.0 Å². The maximum absolute atomic E-state index is 11.2. The van der Waals surface area contributed by atoms with Gasteiger partial charge in [0.25, 0.3) is 0 Å². The highest BCUT2D eigenvalue weighted by Gasteiger charge is 1.86. The van der Waals surface area contributed by atoms with Gasteiger partial charge in [-0.3, -0.25) is 0 Å². The highest BCUT2D eigenvalue weighted by molar-refractivity contribution is 5.81. The molecule has 0 unspecified atom stereocenters. The second-order valence-electron chi connectivity index (χ2n) is 1.08. The summed E-state index contributed by atoms with van der Waals surface area (Å²) in [6, 6.07) is 0. The predicted octanol–water partition coefficient (Wildman–Crippen LogP) is 0.685. The van der Waals surface area contributed by atoms with Crippen LogP contribution < -0.4 is 0 Å². The van der Waals surface area contributed by atoms with Crippen LogP contribution in [0.1, 0.15) is 0 Å². The van der Waals surface area contributed by atoms with Gasteiger partial charge < -0.3 is 4.74 Å². The number of ether oxygens (including phenoxy) is 1. The van der Waals surface area contributed by atoms with Crippen LogP contribution in [0.25, 0.3) is 0 Å². The van der Waals surface area contributed by atoms with Crippen LogP contribution in [0.2, 0.25) is 0 Å². The van der Waals surface area contributed by atoms with Gasteiger partial charge in [-0.2, -0.15) is 0 Å². The average molecular weight is 118 g/mol. The third-order valence-corrected chi connectivity index (χ3v) is 0.544. The van der Waals surface area contributed by atoms with Crippen LogP contribution in [-0.4, -0.2) is 19.8 Å². The van der Waals surface area contributed by atoms with E-state index < -0.39 is 12.6 Å². The quantitative estimate of drug-likeness (QED) is 0.393. The zero-order valence-electron chi connectivity index (χ0n) is 4.56. The van der Waals surface area contributed by atoms with E-state index >= 15 is 0 Å². The van der Waals surface area contributed by atoms with Gasteiger partial charge in [0, 0.05) is 6.08 Å². The van der Waals surface area contributed by atoms with E-state index in [-0.39, 0.29) is 0 Å². The van der Waals surface area contributed by atoms with Gasteiger partial charge in [-0.15, -0.1) is 0 Å². The largest absolute Gasteiger partial charge is 0.466 e. The van der Waals surface area contributed by atoms with Crippen molar-refractivity contribution in [2.45, 2.75) is 0 Å². The minimum absolute atomic E-state index is 0.525.